The Balaban J connectivity index is 1.61. The largest absolute Gasteiger partial charge is 0.354 e. The Morgan fingerprint density at radius 1 is 1.26 bits per heavy atom. The van der Waals surface area contributed by atoms with Gasteiger partial charge in [-0.15, -0.1) is 0 Å². The molecular weight excluding hydrogens is 296 g/mol. The number of likely N-dealkylation sites (N-methyl/N-ethyl adjacent to an activating group) is 1. The summed E-state index contributed by atoms with van der Waals surface area (Å²) in [5, 5.41) is 0. The zero-order valence-electron chi connectivity index (χ0n) is 13.6. The van der Waals surface area contributed by atoms with Gasteiger partial charge in [0, 0.05) is 45.5 Å². The van der Waals surface area contributed by atoms with Gasteiger partial charge in [-0.1, -0.05) is 0 Å². The first-order valence-electron chi connectivity index (χ1n) is 7.90. The Bertz CT molecular complexity index is 639. The van der Waals surface area contributed by atoms with E-state index in [9.17, 15) is 14.4 Å². The van der Waals surface area contributed by atoms with Crippen LogP contribution in [0, 0.1) is 0 Å². The molecular formula is C16H22N4O3. The van der Waals surface area contributed by atoms with E-state index in [1.54, 1.807) is 16.8 Å². The van der Waals surface area contributed by atoms with E-state index in [0.717, 1.165) is 5.69 Å². The number of aromatic nitrogens is 1. The Labute approximate surface area is 135 Å². The monoisotopic (exact) mass is 318 g/mol. The van der Waals surface area contributed by atoms with Crippen molar-refractivity contribution in [3.8, 4) is 0 Å². The third-order valence-electron chi connectivity index (χ3n) is 4.73. The molecule has 3 heterocycles. The number of hydrogen-bond acceptors (Lipinski definition) is 3. The lowest BCUT2D eigenvalue weighted by Gasteiger charge is -2.45. The molecule has 3 amide bonds. The molecule has 0 aliphatic carbocycles. The lowest BCUT2D eigenvalue weighted by Crippen LogP contribution is -2.66. The molecule has 23 heavy (non-hydrogen) atoms. The first kappa shape index (κ1) is 15.6. The smallest absolute Gasteiger partial charge is 0.247 e. The van der Waals surface area contributed by atoms with E-state index in [1.165, 1.54) is 4.90 Å². The van der Waals surface area contributed by atoms with Crippen molar-refractivity contribution >= 4 is 17.7 Å². The molecule has 3 rings (SSSR count). The van der Waals surface area contributed by atoms with E-state index >= 15 is 0 Å². The van der Waals surface area contributed by atoms with Crippen LogP contribution in [-0.2, 0) is 27.9 Å². The summed E-state index contributed by atoms with van der Waals surface area (Å²) in [7, 11) is 3.59. The lowest BCUT2D eigenvalue weighted by atomic mass is 10.1. The average Bonchev–Trinajstić information content (AvgIpc) is 2.95. The molecule has 0 N–H and O–H groups in total. The number of rotatable bonds is 3. The van der Waals surface area contributed by atoms with Gasteiger partial charge in [-0.25, -0.2) is 0 Å². The van der Waals surface area contributed by atoms with Gasteiger partial charge in [0.2, 0.25) is 17.7 Å². The first-order valence-corrected chi connectivity index (χ1v) is 7.90. The molecule has 0 spiro atoms. The predicted octanol–water partition coefficient (Wildman–Crippen LogP) is -0.531. The number of piperazine rings is 2. The van der Waals surface area contributed by atoms with E-state index in [1.807, 2.05) is 29.9 Å². The Kier molecular flexibility index (Phi) is 4.11. The highest BCUT2D eigenvalue weighted by atomic mass is 16.2. The van der Waals surface area contributed by atoms with Gasteiger partial charge >= 0.3 is 0 Å². The van der Waals surface area contributed by atoms with E-state index < -0.39 is 6.04 Å². The summed E-state index contributed by atoms with van der Waals surface area (Å²) in [6.07, 6.45) is 3.06. The molecule has 0 radical (unpaired) electrons. The summed E-state index contributed by atoms with van der Waals surface area (Å²) in [6.45, 7) is 1.39. The summed E-state index contributed by atoms with van der Waals surface area (Å²) < 4.78 is 2.00. The number of hydrogen-bond donors (Lipinski definition) is 0. The van der Waals surface area contributed by atoms with Crippen LogP contribution >= 0.6 is 0 Å². The van der Waals surface area contributed by atoms with Crippen LogP contribution in [0.4, 0.5) is 0 Å². The molecule has 124 valence electrons. The molecule has 2 fully saturated rings. The van der Waals surface area contributed by atoms with E-state index in [4.69, 9.17) is 0 Å². The van der Waals surface area contributed by atoms with Gasteiger partial charge in [0.1, 0.15) is 6.04 Å². The van der Waals surface area contributed by atoms with Crippen LogP contribution in [0.25, 0.3) is 0 Å². The maximum Gasteiger partial charge on any atom is 0.247 e. The van der Waals surface area contributed by atoms with E-state index in [-0.39, 0.29) is 24.3 Å². The maximum atomic E-state index is 12.4. The summed E-state index contributed by atoms with van der Waals surface area (Å²) >= 11 is 0. The van der Waals surface area contributed by atoms with Crippen LogP contribution in [0.3, 0.4) is 0 Å². The van der Waals surface area contributed by atoms with Crippen LogP contribution in [-0.4, -0.2) is 76.3 Å². The molecule has 2 aliphatic heterocycles. The second-order valence-electron chi connectivity index (χ2n) is 6.25. The van der Waals surface area contributed by atoms with E-state index in [2.05, 4.69) is 0 Å². The Morgan fingerprint density at radius 3 is 2.74 bits per heavy atom. The zero-order chi connectivity index (χ0) is 16.6. The van der Waals surface area contributed by atoms with Crippen LogP contribution in [0.2, 0.25) is 0 Å². The molecule has 0 bridgehead atoms. The third kappa shape index (κ3) is 2.95. The van der Waals surface area contributed by atoms with Crippen LogP contribution in [0.5, 0.6) is 0 Å². The fraction of sp³-hybridized carbons (Fsp3) is 0.562. The molecule has 2 aliphatic rings. The molecule has 2 saturated heterocycles. The van der Waals surface area contributed by atoms with E-state index in [0.29, 0.717) is 32.5 Å². The Morgan fingerprint density at radius 2 is 2.04 bits per heavy atom. The third-order valence-corrected chi connectivity index (χ3v) is 4.73. The van der Waals surface area contributed by atoms with Gasteiger partial charge in [0.15, 0.2) is 0 Å². The number of carbonyl (C=O) groups is 3. The highest BCUT2D eigenvalue weighted by Crippen LogP contribution is 2.18. The number of aryl methyl sites for hydroxylation is 2. The predicted molar refractivity (Wildman–Crippen MR) is 83.5 cm³/mol. The van der Waals surface area contributed by atoms with Crippen molar-refractivity contribution in [3.63, 3.8) is 0 Å². The van der Waals surface area contributed by atoms with Gasteiger partial charge in [0.25, 0.3) is 0 Å². The molecule has 1 aromatic heterocycles. The standard InChI is InChI=1S/C16H22N4O3/c1-17-7-3-4-12(17)5-6-14(21)19-8-9-20-13(10-19)16(23)18(2)11-15(20)22/h3-4,7,13H,5-6,8-11H2,1-2H3/t13-/m1/s1. The number of carbonyl (C=O) groups excluding carboxylic acids is 3. The fourth-order valence-electron chi connectivity index (χ4n) is 3.29. The number of amides is 3. The topological polar surface area (TPSA) is 65.9 Å². The van der Waals surface area contributed by atoms with Crippen molar-refractivity contribution in [3.05, 3.63) is 24.0 Å². The first-order chi connectivity index (χ1) is 11.0. The Hall–Kier alpha value is -2.31. The van der Waals surface area contributed by atoms with Gasteiger partial charge in [0.05, 0.1) is 13.1 Å². The minimum Gasteiger partial charge on any atom is -0.354 e. The van der Waals surface area contributed by atoms with Gasteiger partial charge in [-0.3, -0.25) is 14.4 Å². The summed E-state index contributed by atoms with van der Waals surface area (Å²) in [5.41, 5.74) is 1.11. The summed E-state index contributed by atoms with van der Waals surface area (Å²) in [5.74, 6) is -0.0723. The van der Waals surface area contributed by atoms with Gasteiger partial charge in [-0.2, -0.15) is 0 Å². The van der Waals surface area contributed by atoms with Crippen LogP contribution in [0.1, 0.15) is 12.1 Å². The fourth-order valence-corrected chi connectivity index (χ4v) is 3.29. The molecule has 7 heteroatoms. The van der Waals surface area contributed by atoms with Crippen molar-refractivity contribution < 1.29 is 14.4 Å². The highest BCUT2D eigenvalue weighted by Gasteiger charge is 2.42. The van der Waals surface area contributed by atoms with Crippen molar-refractivity contribution in [2.24, 2.45) is 7.05 Å². The second-order valence-corrected chi connectivity index (χ2v) is 6.25. The molecule has 1 aromatic rings. The van der Waals surface area contributed by atoms with Gasteiger partial charge < -0.3 is 19.3 Å². The summed E-state index contributed by atoms with van der Waals surface area (Å²) in [4.78, 5) is 41.5. The average molecular weight is 318 g/mol. The maximum absolute atomic E-state index is 12.4. The molecule has 1 atom stereocenters. The molecule has 0 saturated carbocycles. The minimum absolute atomic E-state index is 0.0343. The molecule has 0 unspecified atom stereocenters. The normalized spacial score (nSPS) is 21.7. The SMILES string of the molecule is CN1CC(=O)N2CCN(C(=O)CCc3cccn3C)C[C@@H]2C1=O. The van der Waals surface area contributed by atoms with Gasteiger partial charge in [-0.05, 0) is 18.6 Å². The van der Waals surface area contributed by atoms with Crippen LogP contribution < -0.4 is 0 Å². The second kappa shape index (κ2) is 6.06. The summed E-state index contributed by atoms with van der Waals surface area (Å²) in [6, 6.07) is 3.44. The molecule has 7 nitrogen and oxygen atoms in total. The zero-order valence-corrected chi connectivity index (χ0v) is 13.6. The van der Waals surface area contributed by atoms with Crippen molar-refractivity contribution in [2.75, 3.05) is 33.2 Å². The number of nitrogens with zero attached hydrogens (tertiary/aromatic N) is 4. The lowest BCUT2D eigenvalue weighted by molar-refractivity contribution is -0.160. The minimum atomic E-state index is -0.519. The quantitative estimate of drug-likeness (QED) is 0.752. The van der Waals surface area contributed by atoms with Crippen molar-refractivity contribution in [1.82, 2.24) is 19.3 Å². The van der Waals surface area contributed by atoms with Crippen LogP contribution in [0.15, 0.2) is 18.3 Å². The molecule has 0 aromatic carbocycles. The van der Waals surface area contributed by atoms with Crippen molar-refractivity contribution in [1.29, 1.82) is 0 Å². The number of fused-ring (bicyclic) bond motifs is 1. The van der Waals surface area contributed by atoms with Crippen molar-refractivity contribution in [2.45, 2.75) is 18.9 Å². The highest BCUT2D eigenvalue weighted by molar-refractivity contribution is 5.95.